The molecule has 0 bridgehead atoms. The number of rotatable bonds is 6. The summed E-state index contributed by atoms with van der Waals surface area (Å²) >= 11 is 0. The molecular weight excluding hydrogens is 376 g/mol. The third-order valence-electron chi connectivity index (χ3n) is 4.19. The lowest BCUT2D eigenvalue weighted by Crippen LogP contribution is -2.14. The van der Waals surface area contributed by atoms with E-state index in [1.54, 1.807) is 32.3 Å². The van der Waals surface area contributed by atoms with Crippen LogP contribution in [0, 0.1) is 37.1 Å². The fraction of sp³-hybridized carbons (Fsp3) is 0.300. The first-order chi connectivity index (χ1) is 13.1. The molecule has 0 aromatic heterocycles. The van der Waals surface area contributed by atoms with Crippen molar-refractivity contribution in [2.45, 2.75) is 27.4 Å². The number of benzene rings is 2. The van der Waals surface area contributed by atoms with Gasteiger partial charge in [0, 0.05) is 19.2 Å². The molecule has 0 atom stereocenters. The summed E-state index contributed by atoms with van der Waals surface area (Å²) in [7, 11) is 1.87. The number of ether oxygens (including phenoxy) is 1. The van der Waals surface area contributed by atoms with Gasteiger partial charge >= 0.3 is 5.97 Å². The number of esters is 1. The van der Waals surface area contributed by atoms with Crippen LogP contribution in [0.2, 0.25) is 0 Å². The van der Waals surface area contributed by atoms with Crippen molar-refractivity contribution in [2.75, 3.05) is 13.6 Å². The Bertz CT molecular complexity index is 929. The zero-order valence-corrected chi connectivity index (χ0v) is 15.9. The molecule has 0 aliphatic heterocycles. The average Bonchev–Trinajstić information content (AvgIpc) is 2.67. The highest BCUT2D eigenvalue weighted by Gasteiger charge is 2.20. The quantitative estimate of drug-likeness (QED) is 0.175. The first-order valence-electron chi connectivity index (χ1n) is 8.50. The van der Waals surface area contributed by atoms with Crippen LogP contribution in [0.15, 0.2) is 23.2 Å². The van der Waals surface area contributed by atoms with Crippen LogP contribution in [-0.4, -0.2) is 30.8 Å². The van der Waals surface area contributed by atoms with Gasteiger partial charge in [0.25, 0.3) is 0 Å². The predicted octanol–water partition coefficient (Wildman–Crippen LogP) is 4.83. The molecule has 0 heterocycles. The van der Waals surface area contributed by atoms with Crippen molar-refractivity contribution in [2.24, 2.45) is 4.99 Å². The fourth-order valence-electron chi connectivity index (χ4n) is 2.35. The maximum absolute atomic E-state index is 13.7. The van der Waals surface area contributed by atoms with Crippen LogP contribution in [0.4, 0.5) is 23.2 Å². The molecule has 4 nitrogen and oxygen atoms in total. The lowest BCUT2D eigenvalue weighted by Gasteiger charge is -2.12. The van der Waals surface area contributed by atoms with E-state index in [2.05, 4.69) is 4.99 Å². The summed E-state index contributed by atoms with van der Waals surface area (Å²) in [5, 5.41) is 0. The minimum atomic E-state index is -1.95. The number of aryl methyl sites for hydroxylation is 2. The monoisotopic (exact) mass is 396 g/mol. The van der Waals surface area contributed by atoms with Gasteiger partial charge in [0.15, 0.2) is 23.3 Å². The van der Waals surface area contributed by atoms with Crippen molar-refractivity contribution in [1.82, 2.24) is 4.90 Å². The van der Waals surface area contributed by atoms with Gasteiger partial charge < -0.3 is 9.64 Å². The second-order valence-corrected chi connectivity index (χ2v) is 6.31. The topological polar surface area (TPSA) is 41.9 Å². The van der Waals surface area contributed by atoms with Gasteiger partial charge in [-0.25, -0.2) is 27.3 Å². The molecule has 2 aromatic carbocycles. The van der Waals surface area contributed by atoms with Gasteiger partial charge in [-0.1, -0.05) is 0 Å². The molecule has 0 unspecified atom stereocenters. The minimum absolute atomic E-state index is 0.212. The normalized spacial score (nSPS) is 11.1. The number of aliphatic imine (C=N–C) groups is 1. The summed E-state index contributed by atoms with van der Waals surface area (Å²) in [6.45, 7) is 5.46. The maximum atomic E-state index is 13.7. The van der Waals surface area contributed by atoms with Crippen LogP contribution < -0.4 is 0 Å². The zero-order valence-electron chi connectivity index (χ0n) is 15.9. The summed E-state index contributed by atoms with van der Waals surface area (Å²) in [4.78, 5) is 18.5. The van der Waals surface area contributed by atoms with Crippen LogP contribution in [0.5, 0.6) is 0 Å². The number of carbonyl (C=O) groups is 1. The molecule has 0 aliphatic rings. The molecule has 0 saturated carbocycles. The van der Waals surface area contributed by atoms with Gasteiger partial charge in [-0.2, -0.15) is 0 Å². The van der Waals surface area contributed by atoms with Gasteiger partial charge in [0.2, 0.25) is 0 Å². The van der Waals surface area contributed by atoms with E-state index in [0.717, 1.165) is 6.54 Å². The Hall–Kier alpha value is -2.90. The van der Waals surface area contributed by atoms with Crippen LogP contribution in [0.1, 0.15) is 34.0 Å². The molecule has 0 fully saturated rings. The van der Waals surface area contributed by atoms with E-state index in [0.29, 0.717) is 22.9 Å². The predicted molar refractivity (Wildman–Crippen MR) is 97.8 cm³/mol. The third-order valence-corrected chi connectivity index (χ3v) is 4.19. The second-order valence-electron chi connectivity index (χ2n) is 6.31. The van der Waals surface area contributed by atoms with Gasteiger partial charge in [-0.15, -0.1) is 0 Å². The van der Waals surface area contributed by atoms with Crippen LogP contribution in [0.25, 0.3) is 0 Å². The summed E-state index contributed by atoms with van der Waals surface area (Å²) in [5.41, 5.74) is 1.57. The third kappa shape index (κ3) is 4.68. The molecule has 8 heteroatoms. The number of carbonyl (C=O) groups excluding carboxylic acids is 1. The van der Waals surface area contributed by atoms with Gasteiger partial charge in [-0.3, -0.25) is 0 Å². The van der Waals surface area contributed by atoms with E-state index >= 15 is 0 Å². The number of halogens is 4. The molecular formula is C20H20F4N2O2. The Balaban J connectivity index is 2.19. The van der Waals surface area contributed by atoms with E-state index in [1.165, 1.54) is 0 Å². The Morgan fingerprint density at radius 1 is 1.07 bits per heavy atom. The molecule has 28 heavy (non-hydrogen) atoms. The molecule has 0 N–H and O–H groups in total. The van der Waals surface area contributed by atoms with Gasteiger partial charge in [-0.05, 0) is 50.1 Å². The largest absolute Gasteiger partial charge is 0.457 e. The van der Waals surface area contributed by atoms with Gasteiger partial charge in [0.05, 0.1) is 17.6 Å². The second kappa shape index (κ2) is 8.86. The van der Waals surface area contributed by atoms with Gasteiger partial charge in [0.1, 0.15) is 6.61 Å². The molecule has 0 aliphatic carbocycles. The highest BCUT2D eigenvalue weighted by atomic mass is 19.2. The minimum Gasteiger partial charge on any atom is -0.457 e. The molecule has 2 rings (SSSR count). The Morgan fingerprint density at radius 2 is 1.75 bits per heavy atom. The smallest absolute Gasteiger partial charge is 0.338 e. The molecule has 0 saturated heterocycles. The van der Waals surface area contributed by atoms with Crippen LogP contribution >= 0.6 is 0 Å². The average molecular weight is 396 g/mol. The lowest BCUT2D eigenvalue weighted by molar-refractivity contribution is 0.0466. The van der Waals surface area contributed by atoms with E-state index in [-0.39, 0.29) is 5.56 Å². The van der Waals surface area contributed by atoms with E-state index in [9.17, 15) is 22.4 Å². The Morgan fingerprint density at radius 3 is 2.39 bits per heavy atom. The molecule has 0 spiro atoms. The fourth-order valence-corrected chi connectivity index (χ4v) is 2.35. The summed E-state index contributed by atoms with van der Waals surface area (Å²) in [5.74, 6) is -7.81. The first kappa shape index (κ1) is 21.4. The summed E-state index contributed by atoms with van der Waals surface area (Å²) in [6, 6.07) is 3.73. The Kier molecular flexibility index (Phi) is 6.77. The number of hydrogen-bond donors (Lipinski definition) is 0. The number of nitrogens with zero attached hydrogens (tertiary/aromatic N) is 2. The van der Waals surface area contributed by atoms with E-state index in [4.69, 9.17) is 4.74 Å². The van der Waals surface area contributed by atoms with Crippen molar-refractivity contribution in [3.8, 4) is 0 Å². The highest BCUT2D eigenvalue weighted by molar-refractivity contribution is 5.92. The van der Waals surface area contributed by atoms with Crippen LogP contribution in [0.3, 0.4) is 0 Å². The first-order valence-corrected chi connectivity index (χ1v) is 8.50. The molecule has 150 valence electrons. The molecule has 0 radical (unpaired) electrons. The van der Waals surface area contributed by atoms with E-state index < -0.39 is 41.4 Å². The standard InChI is InChI=1S/C20H20F4N2O2/c1-5-26(4)10-25-16-7-11(2)14(6-12(16)3)20(27)28-9-13-8-15(21)18(23)19(24)17(13)22/h6-8,10H,5,9H2,1-4H3. The van der Waals surface area contributed by atoms with Crippen molar-refractivity contribution in [1.29, 1.82) is 0 Å². The van der Waals surface area contributed by atoms with Crippen molar-refractivity contribution in [3.05, 3.63) is 63.7 Å². The Labute approximate surface area is 160 Å². The summed E-state index contributed by atoms with van der Waals surface area (Å²) in [6.07, 6.45) is 1.67. The van der Waals surface area contributed by atoms with Crippen molar-refractivity contribution < 1.29 is 27.1 Å². The zero-order chi connectivity index (χ0) is 21.0. The maximum Gasteiger partial charge on any atom is 0.338 e. The molecule has 2 aromatic rings. The summed E-state index contributed by atoms with van der Waals surface area (Å²) < 4.78 is 58.1. The van der Waals surface area contributed by atoms with Crippen molar-refractivity contribution in [3.63, 3.8) is 0 Å². The molecule has 0 amide bonds. The van der Waals surface area contributed by atoms with Crippen LogP contribution in [-0.2, 0) is 11.3 Å². The number of hydrogen-bond acceptors (Lipinski definition) is 3. The lowest BCUT2D eigenvalue weighted by atomic mass is 10.0. The highest BCUT2D eigenvalue weighted by Crippen LogP contribution is 2.25. The van der Waals surface area contributed by atoms with E-state index in [1.807, 2.05) is 18.9 Å². The SMILES string of the molecule is CCN(C)C=Nc1cc(C)c(C(=O)OCc2cc(F)c(F)c(F)c2F)cc1C. The van der Waals surface area contributed by atoms with Crippen molar-refractivity contribution >= 4 is 18.0 Å².